The summed E-state index contributed by atoms with van der Waals surface area (Å²) in [6.45, 7) is 3.04. The van der Waals surface area contributed by atoms with E-state index in [1.54, 1.807) is 11.3 Å². The number of para-hydroxylation sites is 1. The molecule has 0 saturated carbocycles. The van der Waals surface area contributed by atoms with E-state index in [4.69, 9.17) is 4.74 Å². The van der Waals surface area contributed by atoms with Crippen LogP contribution in [0.4, 0.5) is 5.69 Å². The maximum absolute atomic E-state index is 12.3. The summed E-state index contributed by atoms with van der Waals surface area (Å²) in [4.78, 5) is 15.8. The molecule has 2 unspecified atom stereocenters. The predicted octanol–water partition coefficient (Wildman–Crippen LogP) is 3.98. The van der Waals surface area contributed by atoms with Crippen molar-refractivity contribution in [1.82, 2.24) is 0 Å². The Kier molecular flexibility index (Phi) is 4.48. The molecule has 2 heterocycles. The van der Waals surface area contributed by atoms with Crippen molar-refractivity contribution >= 4 is 23.0 Å². The van der Waals surface area contributed by atoms with Gasteiger partial charge in [0.1, 0.15) is 6.04 Å². The van der Waals surface area contributed by atoms with Crippen molar-refractivity contribution in [3.63, 3.8) is 0 Å². The molecule has 1 saturated heterocycles. The number of thiophene rings is 1. The number of carbonyl (C=O) groups is 1. The van der Waals surface area contributed by atoms with E-state index in [1.807, 2.05) is 18.2 Å². The average molecular weight is 315 g/mol. The van der Waals surface area contributed by atoms with Gasteiger partial charge in [-0.2, -0.15) is 0 Å². The molecule has 1 aromatic heterocycles. The number of aryl methyl sites for hydroxylation is 1. The Morgan fingerprint density at radius 3 is 2.68 bits per heavy atom. The summed E-state index contributed by atoms with van der Waals surface area (Å²) >= 11 is 1.78. The van der Waals surface area contributed by atoms with Gasteiger partial charge in [-0.25, -0.2) is 4.79 Å². The predicted molar refractivity (Wildman–Crippen MR) is 90.6 cm³/mol. The van der Waals surface area contributed by atoms with Crippen molar-refractivity contribution in [2.45, 2.75) is 31.7 Å². The number of hydrogen-bond donors (Lipinski definition) is 0. The lowest BCUT2D eigenvalue weighted by atomic mass is 9.85. The molecule has 0 radical (unpaired) electrons. The first-order valence-corrected chi connectivity index (χ1v) is 8.52. The summed E-state index contributed by atoms with van der Waals surface area (Å²) in [5, 5.41) is 2.14. The molecule has 0 spiro atoms. The van der Waals surface area contributed by atoms with Crippen LogP contribution in [0.1, 0.15) is 29.2 Å². The molecule has 3 nitrogen and oxygen atoms in total. The standard InChI is InChI=1S/C18H21NO2S/c1-13-16(9-11-22-13)14-8-10-19(15-6-4-3-5-7-15)17(12-14)18(20)21-2/h3-7,9,11,14,17H,8,10,12H2,1-2H3. The number of anilines is 1. The molecule has 3 rings (SSSR count). The van der Waals surface area contributed by atoms with Gasteiger partial charge in [-0.3, -0.25) is 0 Å². The van der Waals surface area contributed by atoms with E-state index in [-0.39, 0.29) is 12.0 Å². The number of piperidine rings is 1. The van der Waals surface area contributed by atoms with Crippen LogP contribution in [0.3, 0.4) is 0 Å². The Morgan fingerprint density at radius 1 is 1.27 bits per heavy atom. The van der Waals surface area contributed by atoms with E-state index >= 15 is 0 Å². The topological polar surface area (TPSA) is 29.5 Å². The van der Waals surface area contributed by atoms with Crippen LogP contribution in [-0.2, 0) is 9.53 Å². The first-order chi connectivity index (χ1) is 10.7. The average Bonchev–Trinajstić information content (AvgIpc) is 3.00. The Hall–Kier alpha value is -1.81. The largest absolute Gasteiger partial charge is 0.467 e. The molecule has 1 aliphatic rings. The van der Waals surface area contributed by atoms with Crippen LogP contribution in [0.25, 0.3) is 0 Å². The van der Waals surface area contributed by atoms with Gasteiger partial charge < -0.3 is 9.64 Å². The second-order valence-electron chi connectivity index (χ2n) is 5.72. The number of benzene rings is 1. The molecule has 0 aliphatic carbocycles. The summed E-state index contributed by atoms with van der Waals surface area (Å²) in [5.74, 6) is 0.303. The van der Waals surface area contributed by atoms with Crippen LogP contribution in [0.2, 0.25) is 0 Å². The van der Waals surface area contributed by atoms with Gasteiger partial charge in [-0.15, -0.1) is 11.3 Å². The van der Waals surface area contributed by atoms with Gasteiger partial charge in [0.2, 0.25) is 0 Å². The third-order valence-corrected chi connectivity index (χ3v) is 5.36. The molecule has 0 bridgehead atoms. The van der Waals surface area contributed by atoms with Crippen LogP contribution in [0, 0.1) is 6.92 Å². The van der Waals surface area contributed by atoms with Crippen LogP contribution < -0.4 is 4.90 Å². The summed E-state index contributed by atoms with van der Waals surface area (Å²) in [6.07, 6.45) is 1.89. The fraction of sp³-hybridized carbons (Fsp3) is 0.389. The second kappa shape index (κ2) is 6.53. The highest BCUT2D eigenvalue weighted by Gasteiger charge is 2.35. The van der Waals surface area contributed by atoms with Crippen molar-refractivity contribution in [3.8, 4) is 0 Å². The van der Waals surface area contributed by atoms with Crippen molar-refractivity contribution in [1.29, 1.82) is 0 Å². The molecule has 0 N–H and O–H groups in total. The number of carbonyl (C=O) groups excluding carboxylic acids is 1. The van der Waals surface area contributed by atoms with Gasteiger partial charge in [-0.05, 0) is 54.8 Å². The van der Waals surface area contributed by atoms with Gasteiger partial charge in [-0.1, -0.05) is 18.2 Å². The third kappa shape index (κ3) is 2.88. The number of ether oxygens (including phenoxy) is 1. The van der Waals surface area contributed by atoms with Gasteiger partial charge in [0.25, 0.3) is 0 Å². The van der Waals surface area contributed by atoms with E-state index in [1.165, 1.54) is 17.6 Å². The summed E-state index contributed by atoms with van der Waals surface area (Å²) in [6, 6.07) is 12.1. The zero-order valence-corrected chi connectivity index (χ0v) is 13.8. The minimum atomic E-state index is -0.203. The van der Waals surface area contributed by atoms with Crippen molar-refractivity contribution in [2.24, 2.45) is 0 Å². The fourth-order valence-corrected chi connectivity index (χ4v) is 4.14. The first kappa shape index (κ1) is 15.1. The molecule has 1 fully saturated rings. The summed E-state index contributed by atoms with van der Waals surface area (Å²) in [7, 11) is 1.48. The monoisotopic (exact) mass is 315 g/mol. The van der Waals surface area contributed by atoms with Crippen LogP contribution in [0.5, 0.6) is 0 Å². The smallest absolute Gasteiger partial charge is 0.328 e. The Labute approximate surface area is 135 Å². The minimum Gasteiger partial charge on any atom is -0.467 e. The van der Waals surface area contributed by atoms with Gasteiger partial charge in [0.15, 0.2) is 0 Å². The summed E-state index contributed by atoms with van der Waals surface area (Å²) < 4.78 is 5.06. The third-order valence-electron chi connectivity index (χ3n) is 4.50. The number of nitrogens with zero attached hydrogens (tertiary/aromatic N) is 1. The van der Waals surface area contributed by atoms with E-state index in [0.29, 0.717) is 5.92 Å². The molecule has 1 aliphatic heterocycles. The van der Waals surface area contributed by atoms with Gasteiger partial charge >= 0.3 is 5.97 Å². The number of rotatable bonds is 3. The fourth-order valence-electron chi connectivity index (χ4n) is 3.35. The molecule has 1 aromatic carbocycles. The van der Waals surface area contributed by atoms with E-state index in [9.17, 15) is 4.79 Å². The van der Waals surface area contributed by atoms with Crippen molar-refractivity contribution in [3.05, 3.63) is 52.2 Å². The van der Waals surface area contributed by atoms with Crippen LogP contribution in [-0.4, -0.2) is 25.7 Å². The van der Waals surface area contributed by atoms with Gasteiger partial charge in [0, 0.05) is 17.1 Å². The van der Waals surface area contributed by atoms with Crippen molar-refractivity contribution in [2.75, 3.05) is 18.6 Å². The lowest BCUT2D eigenvalue weighted by molar-refractivity contribution is -0.142. The highest BCUT2D eigenvalue weighted by Crippen LogP contribution is 2.37. The molecule has 2 aromatic rings. The first-order valence-electron chi connectivity index (χ1n) is 7.64. The normalized spacial score (nSPS) is 21.6. The quantitative estimate of drug-likeness (QED) is 0.802. The lowest BCUT2D eigenvalue weighted by Crippen LogP contribution is -2.47. The second-order valence-corrected chi connectivity index (χ2v) is 6.84. The highest BCUT2D eigenvalue weighted by atomic mass is 32.1. The lowest BCUT2D eigenvalue weighted by Gasteiger charge is -2.39. The molecule has 2 atom stereocenters. The van der Waals surface area contributed by atoms with E-state index < -0.39 is 0 Å². The number of methoxy groups -OCH3 is 1. The Morgan fingerprint density at radius 2 is 2.05 bits per heavy atom. The van der Waals surface area contributed by atoms with E-state index in [2.05, 4.69) is 35.4 Å². The zero-order chi connectivity index (χ0) is 15.5. The molecular formula is C18H21NO2S. The molecule has 116 valence electrons. The molecular weight excluding hydrogens is 294 g/mol. The van der Waals surface area contributed by atoms with Crippen LogP contribution >= 0.6 is 11.3 Å². The van der Waals surface area contributed by atoms with Gasteiger partial charge in [0.05, 0.1) is 7.11 Å². The molecule has 22 heavy (non-hydrogen) atoms. The number of esters is 1. The maximum Gasteiger partial charge on any atom is 0.328 e. The maximum atomic E-state index is 12.3. The highest BCUT2D eigenvalue weighted by molar-refractivity contribution is 7.10. The van der Waals surface area contributed by atoms with E-state index in [0.717, 1.165) is 25.1 Å². The molecule has 4 heteroatoms. The minimum absolute atomic E-state index is 0.138. The SMILES string of the molecule is COC(=O)C1CC(c2ccsc2C)CCN1c1ccccc1. The summed E-state index contributed by atoms with van der Waals surface area (Å²) in [5.41, 5.74) is 2.49. The molecule has 0 amide bonds. The zero-order valence-electron chi connectivity index (χ0n) is 13.0. The Balaban J connectivity index is 1.86. The van der Waals surface area contributed by atoms with Crippen molar-refractivity contribution < 1.29 is 9.53 Å². The van der Waals surface area contributed by atoms with Crippen LogP contribution in [0.15, 0.2) is 41.8 Å². The Bertz CT molecular complexity index is 638. The number of hydrogen-bond acceptors (Lipinski definition) is 4.